The second-order valence-electron chi connectivity index (χ2n) is 9.21. The van der Waals surface area contributed by atoms with Crippen LogP contribution < -0.4 is 0 Å². The number of hydrogen-bond donors (Lipinski definition) is 0. The van der Waals surface area contributed by atoms with Gasteiger partial charge in [-0.15, -0.1) is 0 Å². The topological polar surface area (TPSA) is 0 Å². The molecule has 3 rings (SSSR count). The smallest absolute Gasteiger partial charge is 0.0215 e. The molecule has 0 atom stereocenters. The second-order valence-corrected chi connectivity index (χ2v) is 9.21. The molecule has 2 aromatic rings. The monoisotopic (exact) mass is 464 g/mol. The maximum Gasteiger partial charge on any atom is 0.0215 e. The summed E-state index contributed by atoms with van der Waals surface area (Å²) in [6.45, 7) is 4.61. The van der Waals surface area contributed by atoms with Crippen molar-refractivity contribution in [1.82, 2.24) is 0 Å². The van der Waals surface area contributed by atoms with Crippen molar-refractivity contribution < 1.29 is 0 Å². The van der Waals surface area contributed by atoms with Gasteiger partial charge in [0.15, 0.2) is 0 Å². The van der Waals surface area contributed by atoms with E-state index in [-0.39, 0.29) is 23.0 Å². The zero-order chi connectivity index (χ0) is 20.4. The van der Waals surface area contributed by atoms with E-state index in [1.54, 1.807) is 11.1 Å². The number of rotatable bonds is 14. The average Bonchev–Trinajstić information content (AvgIpc) is 3.04. The fraction of sp³-hybridized carbons (Fsp3) is 0.586. The number of benzene rings is 2. The summed E-state index contributed by atoms with van der Waals surface area (Å²) in [4.78, 5) is 0. The Balaban J connectivity index is 0.00000320. The van der Waals surface area contributed by atoms with E-state index < -0.39 is 0 Å². The fourth-order valence-corrected chi connectivity index (χ4v) is 5.49. The van der Waals surface area contributed by atoms with Crippen LogP contribution in [0.2, 0.25) is 0 Å². The Hall–Kier alpha value is -1.02. The average molecular weight is 463 g/mol. The van der Waals surface area contributed by atoms with Crippen molar-refractivity contribution in [2.24, 2.45) is 0 Å². The normalized spacial score (nSPS) is 13.5. The van der Waals surface area contributed by atoms with Crippen molar-refractivity contribution in [3.05, 3.63) is 59.7 Å². The van der Waals surface area contributed by atoms with E-state index in [1.165, 1.54) is 101 Å². The van der Waals surface area contributed by atoms with E-state index in [9.17, 15) is 0 Å². The summed E-state index contributed by atoms with van der Waals surface area (Å²) < 4.78 is 0. The second kappa shape index (κ2) is 13.4. The summed E-state index contributed by atoms with van der Waals surface area (Å²) in [5, 5.41) is 0. The van der Waals surface area contributed by atoms with Crippen LogP contribution in [0, 0.1) is 0 Å². The Bertz CT molecular complexity index is 669. The van der Waals surface area contributed by atoms with Crippen LogP contribution in [-0.2, 0) is 5.41 Å². The molecule has 4 radical (unpaired) electrons. The fourth-order valence-electron chi connectivity index (χ4n) is 5.49. The molecule has 0 bridgehead atoms. The molecule has 0 spiro atoms. The minimum absolute atomic E-state index is 0. The minimum atomic E-state index is 0. The summed E-state index contributed by atoms with van der Waals surface area (Å²) in [5.74, 6) is 0. The van der Waals surface area contributed by atoms with Crippen LogP contribution in [0.1, 0.15) is 115 Å². The minimum Gasteiger partial charge on any atom is -0.0654 e. The molecule has 0 heterocycles. The van der Waals surface area contributed by atoms with Gasteiger partial charge >= 0.3 is 0 Å². The molecule has 162 valence electrons. The van der Waals surface area contributed by atoms with Gasteiger partial charge in [0.1, 0.15) is 0 Å². The van der Waals surface area contributed by atoms with Crippen LogP contribution >= 0.6 is 0 Å². The number of unbranched alkanes of at least 4 members (excludes halogenated alkanes) is 10. The molecule has 0 nitrogen and oxygen atoms in total. The summed E-state index contributed by atoms with van der Waals surface area (Å²) in [6, 6.07) is 18.6. The first-order valence-electron chi connectivity index (χ1n) is 12.5. The Labute approximate surface area is 197 Å². The van der Waals surface area contributed by atoms with Crippen molar-refractivity contribution in [3.8, 4) is 11.1 Å². The Morgan fingerprint density at radius 2 is 0.867 bits per heavy atom. The van der Waals surface area contributed by atoms with Gasteiger partial charge in [0.2, 0.25) is 0 Å². The van der Waals surface area contributed by atoms with Crippen molar-refractivity contribution in [3.63, 3.8) is 0 Å². The molecular weight excluding hydrogens is 421 g/mol. The van der Waals surface area contributed by atoms with Crippen molar-refractivity contribution in [2.45, 2.75) is 109 Å². The zero-order valence-corrected chi connectivity index (χ0v) is 21.6. The van der Waals surface area contributed by atoms with Gasteiger partial charge in [0.05, 0.1) is 0 Å². The number of hydrogen-bond acceptors (Lipinski definition) is 0. The van der Waals surface area contributed by atoms with Crippen molar-refractivity contribution in [2.75, 3.05) is 0 Å². The molecule has 1 aliphatic rings. The predicted octanol–water partition coefficient (Wildman–Crippen LogP) is 9.07. The number of fused-ring (bicyclic) bond motifs is 3. The molecule has 2 aromatic carbocycles. The standard InChI is InChI=1S/C29H42.Ge/c1-3-5-7-9-11-17-23-29(24-18-12-10-8-6-4-2)27-21-15-13-19-25(27)26-20-14-16-22-28(26)29;/h13-16,19-22H,3-12,17-18,23-24H2,1-2H3;. The molecule has 30 heavy (non-hydrogen) atoms. The van der Waals surface area contributed by atoms with E-state index in [2.05, 4.69) is 62.4 Å². The zero-order valence-electron chi connectivity index (χ0n) is 19.5. The molecule has 0 saturated carbocycles. The SMILES string of the molecule is CCCCCCCCC1(CCCCCCCC)c2ccccc2-c2ccccc21.[Ge]. The maximum atomic E-state index is 2.43. The van der Waals surface area contributed by atoms with Gasteiger partial charge in [-0.3, -0.25) is 0 Å². The van der Waals surface area contributed by atoms with Crippen molar-refractivity contribution >= 4 is 17.6 Å². The third kappa shape index (κ3) is 6.03. The van der Waals surface area contributed by atoms with E-state index in [4.69, 9.17) is 0 Å². The maximum absolute atomic E-state index is 2.43. The molecule has 0 fully saturated rings. The van der Waals surface area contributed by atoms with Crippen LogP contribution in [0.5, 0.6) is 0 Å². The third-order valence-corrected chi connectivity index (χ3v) is 7.09. The molecule has 0 aromatic heterocycles. The Morgan fingerprint density at radius 1 is 0.500 bits per heavy atom. The van der Waals surface area contributed by atoms with Gasteiger partial charge in [-0.1, -0.05) is 139 Å². The third-order valence-electron chi connectivity index (χ3n) is 7.09. The first kappa shape index (κ1) is 25.2. The predicted molar refractivity (Wildman–Crippen MR) is 134 cm³/mol. The van der Waals surface area contributed by atoms with Gasteiger partial charge in [0, 0.05) is 23.0 Å². The first-order chi connectivity index (χ1) is 14.3. The molecule has 0 N–H and O–H groups in total. The van der Waals surface area contributed by atoms with E-state index in [1.807, 2.05) is 0 Å². The Kier molecular flexibility index (Phi) is 11.3. The summed E-state index contributed by atoms with van der Waals surface area (Å²) >= 11 is 0. The summed E-state index contributed by atoms with van der Waals surface area (Å²) in [6.07, 6.45) is 19.3. The van der Waals surface area contributed by atoms with E-state index in [0.29, 0.717) is 0 Å². The molecule has 0 aliphatic heterocycles. The van der Waals surface area contributed by atoms with E-state index in [0.717, 1.165) is 0 Å². The van der Waals surface area contributed by atoms with Gasteiger partial charge in [-0.2, -0.15) is 0 Å². The molecular formula is C29H42Ge. The largest absolute Gasteiger partial charge is 0.0654 e. The molecule has 1 heteroatoms. The summed E-state index contributed by atoms with van der Waals surface area (Å²) in [7, 11) is 0. The van der Waals surface area contributed by atoms with Crippen LogP contribution in [0.3, 0.4) is 0 Å². The van der Waals surface area contributed by atoms with Gasteiger partial charge in [-0.25, -0.2) is 0 Å². The molecule has 1 aliphatic carbocycles. The van der Waals surface area contributed by atoms with Crippen LogP contribution in [0.4, 0.5) is 0 Å². The summed E-state index contributed by atoms with van der Waals surface area (Å²) in [5.41, 5.74) is 6.48. The molecule has 0 saturated heterocycles. The molecule has 0 amide bonds. The van der Waals surface area contributed by atoms with Gasteiger partial charge in [-0.05, 0) is 35.1 Å². The molecule has 0 unspecified atom stereocenters. The quantitative estimate of drug-likeness (QED) is 0.194. The van der Waals surface area contributed by atoms with Crippen molar-refractivity contribution in [1.29, 1.82) is 0 Å². The van der Waals surface area contributed by atoms with E-state index >= 15 is 0 Å². The van der Waals surface area contributed by atoms with Crippen LogP contribution in [0.25, 0.3) is 11.1 Å². The van der Waals surface area contributed by atoms with Gasteiger partial charge in [0.25, 0.3) is 0 Å². The Morgan fingerprint density at radius 3 is 1.30 bits per heavy atom. The van der Waals surface area contributed by atoms with Gasteiger partial charge < -0.3 is 0 Å². The first-order valence-corrected chi connectivity index (χ1v) is 12.5. The van der Waals surface area contributed by atoms with Crippen LogP contribution in [0.15, 0.2) is 48.5 Å². The van der Waals surface area contributed by atoms with Crippen LogP contribution in [-0.4, -0.2) is 17.6 Å².